The Hall–Kier alpha value is -1.26. The van der Waals surface area contributed by atoms with Gasteiger partial charge in [0.1, 0.15) is 0 Å². The van der Waals surface area contributed by atoms with Crippen LogP contribution in [-0.2, 0) is 14.8 Å². The molecule has 1 amide bonds. The highest BCUT2D eigenvalue weighted by Crippen LogP contribution is 2.74. The molecule has 4 aliphatic carbocycles. The first-order valence-electron chi connectivity index (χ1n) is 14.6. The van der Waals surface area contributed by atoms with Crippen LogP contribution in [0.5, 0.6) is 0 Å². The van der Waals surface area contributed by atoms with E-state index in [0.717, 1.165) is 37.5 Å². The predicted octanol–water partition coefficient (Wildman–Crippen LogP) is 3.59. The lowest BCUT2D eigenvalue weighted by Gasteiger charge is -2.69. The predicted molar refractivity (Wildman–Crippen MR) is 151 cm³/mol. The van der Waals surface area contributed by atoms with Crippen LogP contribution in [0.2, 0.25) is 0 Å². The molecule has 0 saturated heterocycles. The van der Waals surface area contributed by atoms with Crippen LogP contribution in [-0.4, -0.2) is 54.2 Å². The zero-order valence-electron chi connectivity index (χ0n) is 24.8. The summed E-state index contributed by atoms with van der Waals surface area (Å²) in [5.41, 5.74) is 3.81. The Morgan fingerprint density at radius 3 is 2.33 bits per heavy atom. The normalized spacial score (nSPS) is 45.0. The molecule has 4 saturated carbocycles. The van der Waals surface area contributed by atoms with Crippen molar-refractivity contribution in [3.05, 3.63) is 22.8 Å². The molecule has 0 unspecified atom stereocenters. The van der Waals surface area contributed by atoms with Crippen molar-refractivity contribution in [3.8, 4) is 0 Å². The fourth-order valence-electron chi connectivity index (χ4n) is 9.74. The Labute approximate surface area is 234 Å². The minimum Gasteiger partial charge on any atom is -0.393 e. The highest BCUT2D eigenvalue weighted by Gasteiger charge is 2.70. The number of carbonyl (C=O) groups excluding carboxylic acids is 1. The Balaban J connectivity index is 1.77. The largest absolute Gasteiger partial charge is 0.393 e. The number of allylic oxidation sites excluding steroid dienone is 2. The monoisotopic (exact) mass is 566 g/mol. The van der Waals surface area contributed by atoms with E-state index in [9.17, 15) is 28.5 Å². The molecule has 39 heavy (non-hydrogen) atoms. The second-order valence-corrected chi connectivity index (χ2v) is 15.8. The number of rotatable bonds is 6. The number of hydrazine groups is 1. The first-order chi connectivity index (χ1) is 18.0. The zero-order valence-corrected chi connectivity index (χ0v) is 25.6. The highest BCUT2D eigenvalue weighted by molar-refractivity contribution is 7.88. The molecule has 4 aliphatic rings. The van der Waals surface area contributed by atoms with E-state index >= 15 is 0 Å². The first-order valence-corrected chi connectivity index (χ1v) is 16.5. The van der Waals surface area contributed by atoms with Gasteiger partial charge in [0.2, 0.25) is 10.0 Å². The lowest BCUT2D eigenvalue weighted by Crippen LogP contribution is -2.65. The fourth-order valence-corrected chi connectivity index (χ4v) is 10.0. The molecule has 0 aromatic rings. The van der Waals surface area contributed by atoms with Crippen molar-refractivity contribution in [2.75, 3.05) is 6.26 Å². The van der Waals surface area contributed by atoms with E-state index < -0.39 is 28.1 Å². The van der Waals surface area contributed by atoms with Crippen LogP contribution in [0, 0.1) is 39.9 Å². The molecule has 9 heteroatoms. The van der Waals surface area contributed by atoms with Crippen LogP contribution in [0.15, 0.2) is 22.8 Å². The molecular weight excluding hydrogens is 516 g/mol. The number of nitrogens with one attached hydrogen (secondary N) is 2. The molecule has 10 atom stereocenters. The van der Waals surface area contributed by atoms with E-state index in [1.54, 1.807) is 0 Å². The van der Waals surface area contributed by atoms with Crippen molar-refractivity contribution in [2.45, 2.75) is 111 Å². The maximum Gasteiger partial charge on any atom is 0.262 e. The van der Waals surface area contributed by atoms with E-state index in [4.69, 9.17) is 0 Å². The van der Waals surface area contributed by atoms with Gasteiger partial charge < -0.3 is 15.3 Å². The van der Waals surface area contributed by atoms with Crippen LogP contribution >= 0.6 is 0 Å². The second-order valence-electron chi connectivity index (χ2n) is 14.1. The van der Waals surface area contributed by atoms with Gasteiger partial charge in [0, 0.05) is 5.57 Å². The third-order valence-electron chi connectivity index (χ3n) is 11.6. The van der Waals surface area contributed by atoms with Crippen molar-refractivity contribution < 1.29 is 28.5 Å². The molecule has 0 aromatic carbocycles. The molecule has 222 valence electrons. The average molecular weight is 567 g/mol. The minimum absolute atomic E-state index is 0.0290. The summed E-state index contributed by atoms with van der Waals surface area (Å²) in [7, 11) is -3.66. The lowest BCUT2D eigenvalue weighted by molar-refractivity contribution is -0.233. The van der Waals surface area contributed by atoms with Crippen LogP contribution < -0.4 is 10.3 Å². The highest BCUT2D eigenvalue weighted by atomic mass is 32.2. The Kier molecular flexibility index (Phi) is 8.29. The molecule has 0 heterocycles. The Morgan fingerprint density at radius 1 is 1.05 bits per heavy atom. The molecule has 5 N–H and O–H groups in total. The van der Waals surface area contributed by atoms with Gasteiger partial charge in [-0.05, 0) is 111 Å². The standard InChI is InChI=1S/C30H50N2O6S/c1-17(2)9-8-10-19(27(36)31-32-39(7,37)38)25-21-15-23(34)26-28(4)13-12-22(33)18(3)20(28)11-14-29(26,5)30(21,6)16-24(25)35/h9,18,20-24,26,32-35H,8,10-16H2,1-7H3,(H,31,36)/b25-19-/t18-,20-,21-,22+,23+,24-,26-,28-,29-,30-/m0/s1. The molecule has 0 spiro atoms. The zero-order chi connectivity index (χ0) is 29.1. The van der Waals surface area contributed by atoms with Crippen LogP contribution in [0.4, 0.5) is 0 Å². The van der Waals surface area contributed by atoms with Crippen molar-refractivity contribution in [3.63, 3.8) is 0 Å². The van der Waals surface area contributed by atoms with Crippen LogP contribution in [0.1, 0.15) is 92.9 Å². The van der Waals surface area contributed by atoms with Gasteiger partial charge >= 0.3 is 0 Å². The van der Waals surface area contributed by atoms with Crippen molar-refractivity contribution in [2.24, 2.45) is 39.9 Å². The lowest BCUT2D eigenvalue weighted by atomic mass is 9.36. The summed E-state index contributed by atoms with van der Waals surface area (Å²) < 4.78 is 23.4. The van der Waals surface area contributed by atoms with E-state index in [-0.39, 0.29) is 40.1 Å². The smallest absolute Gasteiger partial charge is 0.262 e. The molecule has 0 aliphatic heterocycles. The molecule has 0 radical (unpaired) electrons. The van der Waals surface area contributed by atoms with Crippen molar-refractivity contribution >= 4 is 15.9 Å². The van der Waals surface area contributed by atoms with Crippen molar-refractivity contribution in [1.29, 1.82) is 0 Å². The third kappa shape index (κ3) is 5.16. The number of carbonyl (C=O) groups is 1. The van der Waals surface area contributed by atoms with E-state index in [2.05, 4.69) is 38.0 Å². The van der Waals surface area contributed by atoms with Gasteiger partial charge in [-0.2, -0.15) is 0 Å². The quantitative estimate of drug-likeness (QED) is 0.189. The summed E-state index contributed by atoms with van der Waals surface area (Å²) in [5, 5.41) is 34.2. The van der Waals surface area contributed by atoms with Crippen LogP contribution in [0.3, 0.4) is 0 Å². The van der Waals surface area contributed by atoms with Gasteiger partial charge in [0.15, 0.2) is 0 Å². The number of aliphatic hydroxyl groups is 3. The van der Waals surface area contributed by atoms with Gasteiger partial charge in [-0.25, -0.2) is 8.42 Å². The van der Waals surface area contributed by atoms with Gasteiger partial charge in [0.25, 0.3) is 5.91 Å². The Bertz CT molecular complexity index is 1150. The number of sulfonamides is 1. The SMILES string of the molecule is CC(C)=CCC/C(C(=O)NNS(C)(=O)=O)=C1/[C@@H](O)C[C@@]2(C)[C@H]1C[C@@H](O)[C@H]1[C@@]3(C)CC[C@@H](O)[C@@H](C)[C@@H]3CC[C@@]12C. The maximum atomic E-state index is 13.4. The second kappa shape index (κ2) is 10.5. The summed E-state index contributed by atoms with van der Waals surface area (Å²) in [6, 6.07) is 0. The maximum absolute atomic E-state index is 13.4. The molecule has 4 rings (SSSR count). The molecule has 8 nitrogen and oxygen atoms in total. The molecule has 0 aromatic heterocycles. The number of fused-ring (bicyclic) bond motifs is 5. The minimum atomic E-state index is -3.66. The van der Waals surface area contributed by atoms with E-state index in [1.165, 1.54) is 0 Å². The molecular formula is C30H50N2O6S. The topological polar surface area (TPSA) is 136 Å². The van der Waals surface area contributed by atoms with Gasteiger partial charge in [-0.1, -0.05) is 39.3 Å². The molecule has 0 bridgehead atoms. The number of hydrogen-bond acceptors (Lipinski definition) is 6. The van der Waals surface area contributed by atoms with Gasteiger partial charge in [-0.3, -0.25) is 10.2 Å². The Morgan fingerprint density at radius 2 is 1.72 bits per heavy atom. The van der Waals surface area contributed by atoms with E-state index in [0.29, 0.717) is 42.7 Å². The van der Waals surface area contributed by atoms with Crippen molar-refractivity contribution in [1.82, 2.24) is 10.3 Å². The van der Waals surface area contributed by atoms with E-state index in [1.807, 2.05) is 19.9 Å². The summed E-state index contributed by atoms with van der Waals surface area (Å²) >= 11 is 0. The first kappa shape index (κ1) is 30.7. The average Bonchev–Trinajstić information content (AvgIpc) is 3.07. The summed E-state index contributed by atoms with van der Waals surface area (Å²) in [6.45, 7) is 13.0. The number of aliphatic hydroxyl groups excluding tert-OH is 3. The van der Waals surface area contributed by atoms with Gasteiger partial charge in [-0.15, -0.1) is 4.83 Å². The summed E-state index contributed by atoms with van der Waals surface area (Å²) in [4.78, 5) is 15.5. The number of hydrogen-bond donors (Lipinski definition) is 5. The summed E-state index contributed by atoms with van der Waals surface area (Å²) in [6.07, 6.45) is 6.67. The summed E-state index contributed by atoms with van der Waals surface area (Å²) in [5.74, 6) is -0.192. The van der Waals surface area contributed by atoms with Crippen LogP contribution in [0.25, 0.3) is 0 Å². The third-order valence-corrected chi connectivity index (χ3v) is 12.1. The fraction of sp³-hybridized carbons (Fsp3) is 0.833. The van der Waals surface area contributed by atoms with Gasteiger partial charge in [0.05, 0.1) is 24.6 Å². The molecule has 4 fully saturated rings. The number of amides is 1.